The number of hydrogen-bond donors (Lipinski definition) is 3. The molecule has 2 aromatic rings. The molecule has 0 spiro atoms. The molecule has 0 aliphatic heterocycles. The second kappa shape index (κ2) is 5.63. The van der Waals surface area contributed by atoms with Crippen LogP contribution < -0.4 is 5.32 Å². The summed E-state index contributed by atoms with van der Waals surface area (Å²) in [6.45, 7) is 4.06. The fourth-order valence-electron chi connectivity index (χ4n) is 2.02. The number of amides is 1. The molecule has 1 aromatic heterocycles. The average Bonchev–Trinajstić information content (AvgIpc) is 2.76. The Morgan fingerprint density at radius 3 is 2.79 bits per heavy atom. The van der Waals surface area contributed by atoms with E-state index >= 15 is 0 Å². The van der Waals surface area contributed by atoms with E-state index in [-0.39, 0.29) is 5.91 Å². The molecule has 5 heteroatoms. The van der Waals surface area contributed by atoms with Gasteiger partial charge in [-0.2, -0.15) is 0 Å². The second-order valence-electron chi connectivity index (χ2n) is 4.85. The van der Waals surface area contributed by atoms with E-state index in [1.807, 2.05) is 18.2 Å². The van der Waals surface area contributed by atoms with Crippen LogP contribution in [0.25, 0.3) is 10.9 Å². The minimum atomic E-state index is -0.496. The zero-order chi connectivity index (χ0) is 14.0. The van der Waals surface area contributed by atoms with Crippen LogP contribution in [-0.4, -0.2) is 22.6 Å². The molecule has 0 unspecified atom stereocenters. The molecule has 0 radical (unpaired) electrons. The number of aliphatic hydroxyl groups is 1. The van der Waals surface area contributed by atoms with Gasteiger partial charge in [0.25, 0.3) is 0 Å². The van der Waals surface area contributed by atoms with E-state index in [1.165, 1.54) is 0 Å². The van der Waals surface area contributed by atoms with E-state index in [2.05, 4.69) is 24.1 Å². The van der Waals surface area contributed by atoms with Crippen molar-refractivity contribution >= 4 is 28.4 Å². The molecule has 0 fully saturated rings. The van der Waals surface area contributed by atoms with Crippen molar-refractivity contribution in [2.75, 3.05) is 6.61 Å². The zero-order valence-corrected chi connectivity index (χ0v) is 11.7. The van der Waals surface area contributed by atoms with Crippen LogP contribution in [0.4, 0.5) is 0 Å². The van der Waals surface area contributed by atoms with Gasteiger partial charge >= 0.3 is 0 Å². The number of H-pyrrole nitrogens is 1. The largest absolute Gasteiger partial charge is 0.387 e. The van der Waals surface area contributed by atoms with Gasteiger partial charge in [0, 0.05) is 21.6 Å². The van der Waals surface area contributed by atoms with E-state index < -0.39 is 6.61 Å². The second-order valence-corrected chi connectivity index (χ2v) is 5.25. The first-order chi connectivity index (χ1) is 9.01. The normalized spacial score (nSPS) is 11.2. The van der Waals surface area contributed by atoms with Crippen molar-refractivity contribution in [3.05, 3.63) is 34.5 Å². The van der Waals surface area contributed by atoms with Gasteiger partial charge in [-0.3, -0.25) is 4.79 Å². The Morgan fingerprint density at radius 1 is 1.42 bits per heavy atom. The predicted molar refractivity (Wildman–Crippen MR) is 76.3 cm³/mol. The molecule has 4 nitrogen and oxygen atoms in total. The number of benzene rings is 1. The Kier molecular flexibility index (Phi) is 4.12. The molecule has 19 heavy (non-hydrogen) atoms. The number of carbonyl (C=O) groups is 1. The van der Waals surface area contributed by atoms with E-state index in [0.29, 0.717) is 12.5 Å². The molecule has 1 aromatic carbocycles. The molecule has 0 aliphatic carbocycles. The summed E-state index contributed by atoms with van der Waals surface area (Å²) in [6.07, 6.45) is 0. The standard InChI is InChI=1S/C14H17ClN2O2/c1-8(2)11-5-13-9(4-12(11)15)3-10(17-13)6-16-14(19)7-18/h3-5,8,17-18H,6-7H2,1-2H3,(H,16,19). The van der Waals surface area contributed by atoms with Crippen LogP contribution >= 0.6 is 11.6 Å². The van der Waals surface area contributed by atoms with Gasteiger partial charge in [-0.1, -0.05) is 25.4 Å². The maximum Gasteiger partial charge on any atom is 0.246 e. The number of halogens is 1. The van der Waals surface area contributed by atoms with Crippen LogP contribution in [-0.2, 0) is 11.3 Å². The van der Waals surface area contributed by atoms with Gasteiger partial charge < -0.3 is 15.4 Å². The minimum absolute atomic E-state index is 0.359. The smallest absolute Gasteiger partial charge is 0.246 e. The molecule has 1 amide bonds. The van der Waals surface area contributed by atoms with E-state index in [9.17, 15) is 4.79 Å². The molecule has 0 saturated carbocycles. The topological polar surface area (TPSA) is 65.1 Å². The Labute approximate surface area is 116 Å². The summed E-state index contributed by atoms with van der Waals surface area (Å²) in [7, 11) is 0. The van der Waals surface area contributed by atoms with Crippen LogP contribution in [0, 0.1) is 0 Å². The summed E-state index contributed by atoms with van der Waals surface area (Å²) in [5, 5.41) is 13.0. The van der Waals surface area contributed by atoms with E-state index in [1.54, 1.807) is 0 Å². The lowest BCUT2D eigenvalue weighted by Gasteiger charge is -2.07. The Bertz CT molecular complexity index is 605. The van der Waals surface area contributed by atoms with Crippen molar-refractivity contribution in [2.45, 2.75) is 26.3 Å². The van der Waals surface area contributed by atoms with Crippen LogP contribution in [0.3, 0.4) is 0 Å². The number of nitrogens with one attached hydrogen (secondary N) is 2. The fourth-order valence-corrected chi connectivity index (χ4v) is 2.41. The van der Waals surface area contributed by atoms with Gasteiger partial charge in [-0.15, -0.1) is 0 Å². The third-order valence-electron chi connectivity index (χ3n) is 3.04. The highest BCUT2D eigenvalue weighted by Gasteiger charge is 2.09. The summed E-state index contributed by atoms with van der Waals surface area (Å²) >= 11 is 6.24. The lowest BCUT2D eigenvalue weighted by molar-refractivity contribution is -0.123. The molecule has 2 rings (SSSR count). The van der Waals surface area contributed by atoms with Crippen LogP contribution in [0.2, 0.25) is 5.02 Å². The van der Waals surface area contributed by atoms with Gasteiger partial charge in [0.2, 0.25) is 5.91 Å². The number of aromatic nitrogens is 1. The van der Waals surface area contributed by atoms with Crippen molar-refractivity contribution in [1.29, 1.82) is 0 Å². The van der Waals surface area contributed by atoms with Crippen LogP contribution in [0.5, 0.6) is 0 Å². The first kappa shape index (κ1) is 13.9. The summed E-state index contributed by atoms with van der Waals surface area (Å²) in [4.78, 5) is 14.2. The summed E-state index contributed by atoms with van der Waals surface area (Å²) in [6, 6.07) is 5.92. The molecule has 0 atom stereocenters. The maximum absolute atomic E-state index is 11.0. The molecular weight excluding hydrogens is 264 g/mol. The van der Waals surface area contributed by atoms with E-state index in [0.717, 1.165) is 27.2 Å². The summed E-state index contributed by atoms with van der Waals surface area (Å²) in [5.41, 5.74) is 2.98. The molecule has 0 saturated heterocycles. The molecule has 1 heterocycles. The third-order valence-corrected chi connectivity index (χ3v) is 3.36. The molecule has 0 bridgehead atoms. The Hall–Kier alpha value is -1.52. The summed E-state index contributed by atoms with van der Waals surface area (Å²) < 4.78 is 0. The third kappa shape index (κ3) is 3.08. The number of aliphatic hydroxyl groups excluding tert-OH is 1. The zero-order valence-electron chi connectivity index (χ0n) is 11.0. The van der Waals surface area contributed by atoms with Crippen molar-refractivity contribution in [2.24, 2.45) is 0 Å². The highest BCUT2D eigenvalue weighted by atomic mass is 35.5. The number of aromatic amines is 1. The number of carbonyl (C=O) groups excluding carboxylic acids is 1. The molecular formula is C14H17ClN2O2. The monoisotopic (exact) mass is 280 g/mol. The predicted octanol–water partition coefficient (Wildman–Crippen LogP) is 2.55. The van der Waals surface area contributed by atoms with Gasteiger partial charge in [-0.25, -0.2) is 0 Å². The maximum atomic E-state index is 11.0. The SMILES string of the molecule is CC(C)c1cc2[nH]c(CNC(=O)CO)cc2cc1Cl. The quantitative estimate of drug-likeness (QED) is 0.806. The lowest BCUT2D eigenvalue weighted by Crippen LogP contribution is -2.25. The van der Waals surface area contributed by atoms with Crippen molar-refractivity contribution < 1.29 is 9.90 Å². The molecule has 0 aliphatic rings. The van der Waals surface area contributed by atoms with E-state index in [4.69, 9.17) is 16.7 Å². The highest BCUT2D eigenvalue weighted by Crippen LogP contribution is 2.29. The highest BCUT2D eigenvalue weighted by molar-refractivity contribution is 6.32. The number of hydrogen-bond acceptors (Lipinski definition) is 2. The summed E-state index contributed by atoms with van der Waals surface area (Å²) in [5.74, 6) is -0.0303. The first-order valence-electron chi connectivity index (χ1n) is 6.20. The Balaban J connectivity index is 2.27. The fraction of sp³-hybridized carbons (Fsp3) is 0.357. The van der Waals surface area contributed by atoms with Gasteiger partial charge in [-0.05, 0) is 29.7 Å². The van der Waals surface area contributed by atoms with Crippen molar-refractivity contribution in [3.8, 4) is 0 Å². The average molecular weight is 281 g/mol. The van der Waals surface area contributed by atoms with Crippen LogP contribution in [0.15, 0.2) is 18.2 Å². The number of rotatable bonds is 4. The molecule has 102 valence electrons. The van der Waals surface area contributed by atoms with Crippen LogP contribution in [0.1, 0.15) is 31.0 Å². The van der Waals surface area contributed by atoms with Gasteiger partial charge in [0.15, 0.2) is 0 Å². The Morgan fingerprint density at radius 2 is 2.16 bits per heavy atom. The van der Waals surface area contributed by atoms with Gasteiger partial charge in [0.05, 0.1) is 6.54 Å². The van der Waals surface area contributed by atoms with Crippen molar-refractivity contribution in [1.82, 2.24) is 10.3 Å². The minimum Gasteiger partial charge on any atom is -0.387 e. The lowest BCUT2D eigenvalue weighted by atomic mass is 10.0. The molecule has 3 N–H and O–H groups in total. The number of fused-ring (bicyclic) bond motifs is 1. The first-order valence-corrected chi connectivity index (χ1v) is 6.57. The van der Waals surface area contributed by atoms with Gasteiger partial charge in [0.1, 0.15) is 6.61 Å². The van der Waals surface area contributed by atoms with Crippen molar-refractivity contribution in [3.63, 3.8) is 0 Å².